The van der Waals surface area contributed by atoms with Crippen LogP contribution in [0, 0.1) is 0 Å². The Morgan fingerprint density at radius 2 is 2.29 bits per heavy atom. The Morgan fingerprint density at radius 3 is 3.07 bits per heavy atom. The van der Waals surface area contributed by atoms with Gasteiger partial charge in [0, 0.05) is 24.8 Å². The van der Waals surface area contributed by atoms with E-state index >= 15 is 0 Å². The molecule has 0 aliphatic carbocycles. The average Bonchev–Trinajstić information content (AvgIpc) is 2.51. The van der Waals surface area contributed by atoms with Crippen molar-refractivity contribution in [3.8, 4) is 0 Å². The largest absolute Gasteiger partial charge is 0.367 e. The summed E-state index contributed by atoms with van der Waals surface area (Å²) < 4.78 is 0. The lowest BCUT2D eigenvalue weighted by Gasteiger charge is -2.24. The number of hydroxylamine groups is 1. The van der Waals surface area contributed by atoms with Crippen LogP contribution >= 0.6 is 0 Å². The van der Waals surface area contributed by atoms with E-state index in [-0.39, 0.29) is 0 Å². The average molecular weight is 192 g/mol. The van der Waals surface area contributed by atoms with E-state index in [1.807, 2.05) is 0 Å². The first-order valence-corrected chi connectivity index (χ1v) is 5.04. The Hall–Kier alpha value is -1.06. The van der Waals surface area contributed by atoms with Crippen LogP contribution in [0.15, 0.2) is 24.3 Å². The minimum absolute atomic E-state index is 0.542. The number of hydrogen-bond acceptors (Lipinski definition) is 3. The quantitative estimate of drug-likeness (QED) is 0.711. The third kappa shape index (κ3) is 1.61. The molecule has 0 fully saturated rings. The van der Waals surface area contributed by atoms with Crippen LogP contribution in [0.4, 0.5) is 5.69 Å². The zero-order valence-corrected chi connectivity index (χ0v) is 8.40. The molecule has 2 N–H and O–H groups in total. The number of hydrogen-bond donors (Lipinski definition) is 2. The van der Waals surface area contributed by atoms with Crippen molar-refractivity contribution in [3.63, 3.8) is 0 Å². The molecule has 0 radical (unpaired) electrons. The molecule has 0 amide bonds. The van der Waals surface area contributed by atoms with Crippen molar-refractivity contribution < 1.29 is 5.21 Å². The summed E-state index contributed by atoms with van der Waals surface area (Å²) in [5.41, 5.74) is 4.93. The fraction of sp³-hybridized carbons (Fsp3) is 0.455. The summed E-state index contributed by atoms with van der Waals surface area (Å²) in [6.45, 7) is 3.69. The molecule has 1 aromatic rings. The molecule has 2 rings (SSSR count). The predicted octanol–water partition coefficient (Wildman–Crippen LogP) is 1.42. The van der Waals surface area contributed by atoms with E-state index in [0.717, 1.165) is 13.0 Å². The van der Waals surface area contributed by atoms with Gasteiger partial charge in [0.15, 0.2) is 0 Å². The Morgan fingerprint density at radius 1 is 1.50 bits per heavy atom. The van der Waals surface area contributed by atoms with Gasteiger partial charge in [-0.1, -0.05) is 18.2 Å². The fourth-order valence-electron chi connectivity index (χ4n) is 2.14. The molecule has 0 saturated heterocycles. The number of nitrogens with one attached hydrogen (secondary N) is 1. The first kappa shape index (κ1) is 9.49. The molecule has 1 heterocycles. The van der Waals surface area contributed by atoms with Gasteiger partial charge in [0.1, 0.15) is 0 Å². The molecule has 1 aliphatic heterocycles. The summed E-state index contributed by atoms with van der Waals surface area (Å²) >= 11 is 0. The maximum absolute atomic E-state index is 8.58. The number of nitrogens with zero attached hydrogens (tertiary/aromatic N) is 1. The second-order valence-electron chi connectivity index (χ2n) is 3.78. The lowest BCUT2D eigenvalue weighted by molar-refractivity contribution is 0.169. The maximum atomic E-state index is 8.58. The monoisotopic (exact) mass is 192 g/mol. The number of anilines is 1. The van der Waals surface area contributed by atoms with Crippen LogP contribution in [0.5, 0.6) is 0 Å². The lowest BCUT2D eigenvalue weighted by atomic mass is 10.1. The highest BCUT2D eigenvalue weighted by molar-refractivity contribution is 5.59. The second kappa shape index (κ2) is 3.98. The van der Waals surface area contributed by atoms with Gasteiger partial charge in [-0.2, -0.15) is 0 Å². The van der Waals surface area contributed by atoms with Crippen LogP contribution in [-0.2, 0) is 6.42 Å². The first-order valence-electron chi connectivity index (χ1n) is 5.04. The SMILES string of the molecule is CC1Cc2ccccc2N1CCNO. The van der Waals surface area contributed by atoms with Crippen molar-refractivity contribution in [1.29, 1.82) is 0 Å². The topological polar surface area (TPSA) is 35.5 Å². The van der Waals surface area contributed by atoms with Gasteiger partial charge < -0.3 is 10.1 Å². The number of benzene rings is 1. The Labute approximate surface area is 84.3 Å². The fourth-order valence-corrected chi connectivity index (χ4v) is 2.14. The van der Waals surface area contributed by atoms with E-state index in [2.05, 4.69) is 41.6 Å². The summed E-state index contributed by atoms with van der Waals surface area (Å²) in [6.07, 6.45) is 1.11. The van der Waals surface area contributed by atoms with Crippen molar-refractivity contribution in [2.45, 2.75) is 19.4 Å². The number of rotatable bonds is 3. The molecule has 76 valence electrons. The van der Waals surface area contributed by atoms with Gasteiger partial charge in [-0.15, -0.1) is 0 Å². The van der Waals surface area contributed by atoms with E-state index in [4.69, 9.17) is 5.21 Å². The standard InChI is InChI=1S/C11H16N2O/c1-9-8-10-4-2-3-5-11(10)13(9)7-6-12-14/h2-5,9,12,14H,6-8H2,1H3. The summed E-state index contributed by atoms with van der Waals surface area (Å²) in [7, 11) is 0. The summed E-state index contributed by atoms with van der Waals surface area (Å²) in [4.78, 5) is 2.33. The normalized spacial score (nSPS) is 19.9. The highest BCUT2D eigenvalue weighted by Crippen LogP contribution is 2.30. The molecular formula is C11H16N2O. The molecule has 1 atom stereocenters. The zero-order chi connectivity index (χ0) is 9.97. The van der Waals surface area contributed by atoms with E-state index in [1.165, 1.54) is 11.3 Å². The van der Waals surface area contributed by atoms with Gasteiger partial charge in [0.2, 0.25) is 0 Å². The van der Waals surface area contributed by atoms with Crippen LogP contribution in [0.3, 0.4) is 0 Å². The molecule has 3 heteroatoms. The van der Waals surface area contributed by atoms with Gasteiger partial charge in [0.25, 0.3) is 0 Å². The highest BCUT2D eigenvalue weighted by atomic mass is 16.5. The molecule has 3 nitrogen and oxygen atoms in total. The molecule has 1 aliphatic rings. The van der Waals surface area contributed by atoms with Crippen molar-refractivity contribution in [2.24, 2.45) is 0 Å². The molecule has 1 unspecified atom stereocenters. The van der Waals surface area contributed by atoms with Crippen LogP contribution in [0.1, 0.15) is 12.5 Å². The summed E-state index contributed by atoms with van der Waals surface area (Å²) in [6, 6.07) is 9.02. The van der Waals surface area contributed by atoms with Gasteiger partial charge in [-0.05, 0) is 25.0 Å². The van der Waals surface area contributed by atoms with Crippen LogP contribution in [0.2, 0.25) is 0 Å². The molecule has 1 aromatic carbocycles. The maximum Gasteiger partial charge on any atom is 0.0402 e. The summed E-state index contributed by atoms with van der Waals surface area (Å²) in [5, 5.41) is 8.58. The van der Waals surface area contributed by atoms with Gasteiger partial charge in [0.05, 0.1) is 0 Å². The lowest BCUT2D eigenvalue weighted by Crippen LogP contribution is -2.35. The van der Waals surface area contributed by atoms with Crippen LogP contribution in [0.25, 0.3) is 0 Å². The smallest absolute Gasteiger partial charge is 0.0402 e. The van der Waals surface area contributed by atoms with Gasteiger partial charge in [-0.3, -0.25) is 0 Å². The Kier molecular flexibility index (Phi) is 2.70. The molecule has 0 bridgehead atoms. The van der Waals surface area contributed by atoms with E-state index in [1.54, 1.807) is 0 Å². The molecule has 0 aromatic heterocycles. The van der Waals surface area contributed by atoms with Gasteiger partial charge >= 0.3 is 0 Å². The van der Waals surface area contributed by atoms with Crippen molar-refractivity contribution in [3.05, 3.63) is 29.8 Å². The van der Waals surface area contributed by atoms with Crippen LogP contribution < -0.4 is 10.4 Å². The van der Waals surface area contributed by atoms with E-state index in [9.17, 15) is 0 Å². The minimum Gasteiger partial charge on any atom is -0.367 e. The molecule has 14 heavy (non-hydrogen) atoms. The minimum atomic E-state index is 0.542. The van der Waals surface area contributed by atoms with Crippen molar-refractivity contribution in [1.82, 2.24) is 5.48 Å². The predicted molar refractivity (Wildman–Crippen MR) is 56.7 cm³/mol. The Balaban J connectivity index is 2.17. The van der Waals surface area contributed by atoms with Crippen molar-refractivity contribution in [2.75, 3.05) is 18.0 Å². The molecule has 0 spiro atoms. The number of fused-ring (bicyclic) bond motifs is 1. The summed E-state index contributed by atoms with van der Waals surface area (Å²) in [5.74, 6) is 0. The third-order valence-electron chi connectivity index (χ3n) is 2.81. The second-order valence-corrected chi connectivity index (χ2v) is 3.78. The zero-order valence-electron chi connectivity index (χ0n) is 8.40. The highest BCUT2D eigenvalue weighted by Gasteiger charge is 2.24. The van der Waals surface area contributed by atoms with E-state index < -0.39 is 0 Å². The third-order valence-corrected chi connectivity index (χ3v) is 2.81. The Bertz CT molecular complexity index is 314. The first-order chi connectivity index (χ1) is 6.83. The van der Waals surface area contributed by atoms with E-state index in [0.29, 0.717) is 12.6 Å². The van der Waals surface area contributed by atoms with Gasteiger partial charge in [-0.25, -0.2) is 5.48 Å². The van der Waals surface area contributed by atoms with Crippen LogP contribution in [-0.4, -0.2) is 24.3 Å². The number of para-hydroxylation sites is 1. The molecular weight excluding hydrogens is 176 g/mol. The molecule has 0 saturated carbocycles. The van der Waals surface area contributed by atoms with Crippen molar-refractivity contribution >= 4 is 5.69 Å².